The summed E-state index contributed by atoms with van der Waals surface area (Å²) >= 11 is 6.02. The lowest BCUT2D eigenvalue weighted by Crippen LogP contribution is -2.31. The van der Waals surface area contributed by atoms with Gasteiger partial charge in [0, 0.05) is 23.7 Å². The monoisotopic (exact) mass is 344 g/mol. The third kappa shape index (κ3) is 2.73. The molecule has 122 valence electrons. The van der Waals surface area contributed by atoms with Crippen molar-refractivity contribution in [2.24, 2.45) is 0 Å². The second-order valence-electron chi connectivity index (χ2n) is 5.71. The van der Waals surface area contributed by atoms with Crippen LogP contribution >= 0.6 is 11.6 Å². The lowest BCUT2D eigenvalue weighted by Gasteiger charge is -2.27. The Morgan fingerprint density at radius 1 is 1.21 bits per heavy atom. The fourth-order valence-electron chi connectivity index (χ4n) is 2.93. The molecular formula is C17H14ClFN4O. The zero-order valence-corrected chi connectivity index (χ0v) is 13.7. The van der Waals surface area contributed by atoms with E-state index in [4.69, 9.17) is 16.1 Å². The molecule has 5 nitrogen and oxygen atoms in total. The van der Waals surface area contributed by atoms with Gasteiger partial charge in [0.1, 0.15) is 28.3 Å². The molecule has 4 rings (SSSR count). The molecule has 3 aromatic rings. The third-order valence-corrected chi connectivity index (χ3v) is 4.26. The highest BCUT2D eigenvalue weighted by Gasteiger charge is 2.25. The first-order valence-corrected chi connectivity index (χ1v) is 7.97. The van der Waals surface area contributed by atoms with Gasteiger partial charge < -0.3 is 9.42 Å². The molecule has 0 saturated carbocycles. The van der Waals surface area contributed by atoms with Crippen molar-refractivity contribution in [2.45, 2.75) is 19.9 Å². The molecule has 0 spiro atoms. The Morgan fingerprint density at radius 3 is 2.75 bits per heavy atom. The van der Waals surface area contributed by atoms with Crippen molar-refractivity contribution >= 4 is 17.4 Å². The number of aryl methyl sites for hydroxylation is 1. The minimum Gasteiger partial charge on any atom is -0.356 e. The van der Waals surface area contributed by atoms with Crippen LogP contribution in [0.4, 0.5) is 10.2 Å². The van der Waals surface area contributed by atoms with Gasteiger partial charge in [0.05, 0.1) is 6.54 Å². The summed E-state index contributed by atoms with van der Waals surface area (Å²) in [5.74, 6) is 1.86. The van der Waals surface area contributed by atoms with Crippen LogP contribution in [0.1, 0.15) is 17.1 Å². The van der Waals surface area contributed by atoms with Crippen LogP contribution in [0, 0.1) is 12.7 Å². The molecule has 1 aliphatic rings. The van der Waals surface area contributed by atoms with Crippen LogP contribution in [0.2, 0.25) is 5.15 Å². The Labute approximate surface area is 143 Å². The molecule has 3 heterocycles. The minimum atomic E-state index is -0.269. The first-order valence-electron chi connectivity index (χ1n) is 7.59. The van der Waals surface area contributed by atoms with Crippen molar-refractivity contribution in [3.63, 3.8) is 0 Å². The van der Waals surface area contributed by atoms with Crippen LogP contribution in [-0.2, 0) is 13.0 Å². The first-order chi connectivity index (χ1) is 11.6. The number of benzene rings is 1. The number of rotatable bonds is 2. The highest BCUT2D eigenvalue weighted by atomic mass is 35.5. The second-order valence-corrected chi connectivity index (χ2v) is 6.10. The number of nitrogens with zero attached hydrogens (tertiary/aromatic N) is 4. The van der Waals surface area contributed by atoms with E-state index in [1.165, 1.54) is 12.1 Å². The highest BCUT2D eigenvalue weighted by Crippen LogP contribution is 2.32. The zero-order valence-electron chi connectivity index (χ0n) is 13.0. The molecule has 2 aromatic heterocycles. The van der Waals surface area contributed by atoms with E-state index in [0.29, 0.717) is 23.3 Å². The quantitative estimate of drug-likeness (QED) is 0.662. The molecule has 0 aliphatic carbocycles. The molecular weight excluding hydrogens is 331 g/mol. The summed E-state index contributed by atoms with van der Waals surface area (Å²) in [5, 5.41) is 4.62. The summed E-state index contributed by atoms with van der Waals surface area (Å²) in [5.41, 5.74) is 2.77. The molecule has 0 fully saturated rings. The summed E-state index contributed by atoms with van der Waals surface area (Å²) in [7, 11) is 0. The Morgan fingerprint density at radius 2 is 2.00 bits per heavy atom. The van der Waals surface area contributed by atoms with Gasteiger partial charge in [-0.05, 0) is 37.6 Å². The van der Waals surface area contributed by atoms with Crippen molar-refractivity contribution in [1.29, 1.82) is 0 Å². The fourth-order valence-corrected chi connectivity index (χ4v) is 3.15. The molecule has 0 N–H and O–H groups in total. The Hall–Kier alpha value is -2.47. The Balaban J connectivity index is 1.64. The number of halogens is 2. The predicted octanol–water partition coefficient (Wildman–Crippen LogP) is 3.80. The zero-order chi connectivity index (χ0) is 16.7. The summed E-state index contributed by atoms with van der Waals surface area (Å²) in [6.45, 7) is 3.18. The molecule has 0 radical (unpaired) electrons. The van der Waals surface area contributed by atoms with Gasteiger partial charge in [-0.15, -0.1) is 0 Å². The number of aromatic nitrogens is 3. The molecule has 0 saturated heterocycles. The molecule has 1 aliphatic heterocycles. The fraction of sp³-hybridized carbons (Fsp3) is 0.235. The van der Waals surface area contributed by atoms with E-state index in [1.54, 1.807) is 18.2 Å². The molecule has 24 heavy (non-hydrogen) atoms. The smallest absolute Gasteiger partial charge is 0.170 e. The molecule has 0 bridgehead atoms. The van der Waals surface area contributed by atoms with E-state index in [2.05, 4.69) is 20.0 Å². The maximum absolute atomic E-state index is 13.1. The van der Waals surface area contributed by atoms with Crippen LogP contribution in [0.15, 0.2) is 34.9 Å². The van der Waals surface area contributed by atoms with Crippen LogP contribution in [-0.4, -0.2) is 21.7 Å². The summed E-state index contributed by atoms with van der Waals surface area (Å²) in [4.78, 5) is 10.6. The van der Waals surface area contributed by atoms with Gasteiger partial charge >= 0.3 is 0 Å². The Kier molecular flexibility index (Phi) is 3.69. The normalized spacial score (nSPS) is 13.9. The van der Waals surface area contributed by atoms with E-state index in [0.717, 1.165) is 35.6 Å². The molecule has 0 amide bonds. The first kappa shape index (κ1) is 15.1. The van der Waals surface area contributed by atoms with Crippen molar-refractivity contribution in [3.05, 3.63) is 58.4 Å². The van der Waals surface area contributed by atoms with E-state index in [1.807, 2.05) is 6.92 Å². The molecule has 0 unspecified atom stereocenters. The molecule has 0 atom stereocenters. The highest BCUT2D eigenvalue weighted by molar-refractivity contribution is 6.29. The second kappa shape index (κ2) is 5.87. The van der Waals surface area contributed by atoms with Crippen molar-refractivity contribution in [2.75, 3.05) is 11.4 Å². The lowest BCUT2D eigenvalue weighted by atomic mass is 10.0. The summed E-state index contributed by atoms with van der Waals surface area (Å²) < 4.78 is 18.6. The van der Waals surface area contributed by atoms with Gasteiger partial charge in [-0.25, -0.2) is 14.4 Å². The van der Waals surface area contributed by atoms with E-state index < -0.39 is 0 Å². The lowest BCUT2D eigenvalue weighted by molar-refractivity contribution is 0.423. The van der Waals surface area contributed by atoms with E-state index in [9.17, 15) is 4.39 Å². The van der Waals surface area contributed by atoms with Crippen molar-refractivity contribution < 1.29 is 8.91 Å². The third-order valence-electron chi connectivity index (χ3n) is 4.07. The van der Waals surface area contributed by atoms with Crippen LogP contribution in [0.3, 0.4) is 0 Å². The van der Waals surface area contributed by atoms with Gasteiger partial charge in [0.15, 0.2) is 5.76 Å². The maximum Gasteiger partial charge on any atom is 0.170 e. The van der Waals surface area contributed by atoms with Gasteiger partial charge in [0.25, 0.3) is 0 Å². The van der Waals surface area contributed by atoms with Gasteiger partial charge in [0.2, 0.25) is 0 Å². The SMILES string of the molecule is Cc1nc(Cl)cc(N2CCc3c(noc3-c3ccc(F)cc3)C2)n1. The standard InChI is InChI=1S/C17H14ClFN4O/c1-10-20-15(18)8-16(21-10)23-7-6-13-14(9-23)22-24-17(13)11-2-4-12(19)5-3-11/h2-5,8H,6-7,9H2,1H3. The van der Waals surface area contributed by atoms with E-state index in [-0.39, 0.29) is 5.82 Å². The number of hydrogen-bond acceptors (Lipinski definition) is 5. The number of anilines is 1. The van der Waals surface area contributed by atoms with Crippen LogP contribution in [0.5, 0.6) is 0 Å². The Bertz CT molecular complexity index is 874. The van der Waals surface area contributed by atoms with Gasteiger partial charge in [-0.3, -0.25) is 0 Å². The summed E-state index contributed by atoms with van der Waals surface area (Å²) in [6, 6.07) is 8.00. The van der Waals surface area contributed by atoms with Gasteiger partial charge in [-0.1, -0.05) is 16.8 Å². The topological polar surface area (TPSA) is 55.1 Å². The predicted molar refractivity (Wildman–Crippen MR) is 88.4 cm³/mol. The average molecular weight is 345 g/mol. The number of fused-ring (bicyclic) bond motifs is 1. The van der Waals surface area contributed by atoms with Gasteiger partial charge in [-0.2, -0.15) is 0 Å². The minimum absolute atomic E-state index is 0.269. The van der Waals surface area contributed by atoms with E-state index >= 15 is 0 Å². The maximum atomic E-state index is 13.1. The van der Waals surface area contributed by atoms with Crippen molar-refractivity contribution in [3.8, 4) is 11.3 Å². The van der Waals surface area contributed by atoms with Crippen molar-refractivity contribution in [1.82, 2.24) is 15.1 Å². The number of hydrogen-bond donors (Lipinski definition) is 0. The average Bonchev–Trinajstić information content (AvgIpc) is 2.98. The summed E-state index contributed by atoms with van der Waals surface area (Å²) in [6.07, 6.45) is 0.770. The molecule has 1 aromatic carbocycles. The van der Waals surface area contributed by atoms with Crippen LogP contribution in [0.25, 0.3) is 11.3 Å². The largest absolute Gasteiger partial charge is 0.356 e. The molecule has 7 heteroatoms. The van der Waals surface area contributed by atoms with Crippen LogP contribution < -0.4 is 4.90 Å².